The fourth-order valence-electron chi connectivity index (χ4n) is 1.26. The van der Waals surface area contributed by atoms with Crippen LogP contribution in [0.25, 0.3) is 0 Å². The first-order valence-corrected chi connectivity index (χ1v) is 5.31. The Labute approximate surface area is 88.7 Å². The summed E-state index contributed by atoms with van der Waals surface area (Å²) in [6, 6.07) is 3.89. The molecule has 0 N–H and O–H groups in total. The second-order valence-electron chi connectivity index (χ2n) is 2.93. The van der Waals surface area contributed by atoms with Crippen molar-refractivity contribution in [3.63, 3.8) is 0 Å². The van der Waals surface area contributed by atoms with Crippen LogP contribution in [0.2, 0.25) is 0 Å². The largest absolute Gasteiger partial charge is 0.490 e. The predicted octanol–water partition coefficient (Wildman–Crippen LogP) is 1.59. The van der Waals surface area contributed by atoms with Crippen LogP contribution in [0.1, 0.15) is 19.4 Å². The number of rotatable bonds is 4. The lowest BCUT2D eigenvalue weighted by Gasteiger charge is -2.14. The molecule has 0 heterocycles. The van der Waals surface area contributed by atoms with E-state index in [1.165, 1.54) is 0 Å². The maximum absolute atomic E-state index is 5.55. The van der Waals surface area contributed by atoms with Crippen LogP contribution >= 0.6 is 0 Å². The minimum absolute atomic E-state index is 0.649. The highest BCUT2D eigenvalue weighted by molar-refractivity contribution is 6.33. The molecule has 2 nitrogen and oxygen atoms in total. The van der Waals surface area contributed by atoms with Crippen LogP contribution in [0.4, 0.5) is 0 Å². The Morgan fingerprint density at radius 1 is 1.14 bits per heavy atom. The predicted molar refractivity (Wildman–Crippen MR) is 58.9 cm³/mol. The fraction of sp³-hybridized carbons (Fsp3) is 0.455. The molecule has 3 heteroatoms. The molecule has 3 radical (unpaired) electrons. The molecule has 0 atom stereocenters. The van der Waals surface area contributed by atoms with Crippen LogP contribution in [-0.4, -0.2) is 23.5 Å². The van der Waals surface area contributed by atoms with E-state index in [9.17, 15) is 0 Å². The summed E-state index contributed by atoms with van der Waals surface area (Å²) in [5, 5.41) is 1.04. The Morgan fingerprint density at radius 2 is 1.79 bits per heavy atom. The van der Waals surface area contributed by atoms with Gasteiger partial charge in [0.25, 0.3) is 0 Å². The van der Waals surface area contributed by atoms with Gasteiger partial charge in [-0.1, -0.05) is 11.3 Å². The van der Waals surface area contributed by atoms with E-state index in [4.69, 9.17) is 9.47 Å². The van der Waals surface area contributed by atoms with Crippen molar-refractivity contribution in [3.05, 3.63) is 17.7 Å². The summed E-state index contributed by atoms with van der Waals surface area (Å²) in [6.07, 6.45) is 0. The molecule has 0 bridgehead atoms. The topological polar surface area (TPSA) is 18.5 Å². The molecule has 75 valence electrons. The van der Waals surface area contributed by atoms with Gasteiger partial charge < -0.3 is 9.47 Å². The van der Waals surface area contributed by atoms with Crippen molar-refractivity contribution in [2.45, 2.75) is 20.8 Å². The average molecular weight is 207 g/mol. The van der Waals surface area contributed by atoms with Crippen LogP contribution in [0.5, 0.6) is 11.5 Å². The Morgan fingerprint density at radius 3 is 2.36 bits per heavy atom. The molecule has 0 fully saturated rings. The molecule has 0 saturated heterocycles. The van der Waals surface area contributed by atoms with Gasteiger partial charge >= 0.3 is 0 Å². The van der Waals surface area contributed by atoms with E-state index < -0.39 is 0 Å². The first-order valence-electron chi connectivity index (χ1n) is 4.81. The third-order valence-electron chi connectivity index (χ3n) is 1.96. The SMILES string of the molecule is CCOc1ccc([Si])c(C)c1OCC. The van der Waals surface area contributed by atoms with E-state index in [0.717, 1.165) is 22.2 Å². The number of hydrogen-bond donors (Lipinski definition) is 0. The molecule has 0 aliphatic heterocycles. The first-order chi connectivity index (χ1) is 6.70. The lowest BCUT2D eigenvalue weighted by molar-refractivity contribution is 0.286. The summed E-state index contributed by atoms with van der Waals surface area (Å²) in [6.45, 7) is 7.25. The van der Waals surface area contributed by atoms with Crippen molar-refractivity contribution in [1.82, 2.24) is 0 Å². The van der Waals surface area contributed by atoms with Gasteiger partial charge in [-0.05, 0) is 32.4 Å². The standard InChI is InChI=1S/C11H15O2Si/c1-4-12-9-6-7-10(14)8(3)11(9)13-5-2/h6-7H,4-5H2,1-3H3. The summed E-state index contributed by atoms with van der Waals surface area (Å²) in [5.74, 6) is 1.65. The van der Waals surface area contributed by atoms with Gasteiger partial charge in [0.05, 0.1) is 23.5 Å². The van der Waals surface area contributed by atoms with Crippen LogP contribution < -0.4 is 14.7 Å². The van der Waals surface area contributed by atoms with Gasteiger partial charge in [0.2, 0.25) is 0 Å². The molecule has 1 aromatic rings. The highest BCUT2D eigenvalue weighted by Crippen LogP contribution is 2.29. The quantitative estimate of drug-likeness (QED) is 0.698. The molecule has 0 amide bonds. The second kappa shape index (κ2) is 5.05. The third-order valence-corrected chi connectivity index (χ3v) is 2.50. The van der Waals surface area contributed by atoms with E-state index in [-0.39, 0.29) is 0 Å². The van der Waals surface area contributed by atoms with Gasteiger partial charge in [-0.3, -0.25) is 0 Å². The summed E-state index contributed by atoms with van der Waals surface area (Å²) < 4.78 is 11.0. The van der Waals surface area contributed by atoms with Gasteiger partial charge in [0.15, 0.2) is 11.5 Å². The maximum atomic E-state index is 5.55. The Hall–Kier alpha value is -0.963. The Balaban J connectivity index is 3.08. The number of ether oxygens (including phenoxy) is 2. The molecule has 1 aromatic carbocycles. The number of hydrogen-bond acceptors (Lipinski definition) is 2. The second-order valence-corrected chi connectivity index (χ2v) is 3.47. The summed E-state index contributed by atoms with van der Waals surface area (Å²) in [4.78, 5) is 0. The van der Waals surface area contributed by atoms with Gasteiger partial charge in [0, 0.05) is 0 Å². The zero-order valence-electron chi connectivity index (χ0n) is 8.89. The van der Waals surface area contributed by atoms with Gasteiger partial charge in [0.1, 0.15) is 0 Å². The Bertz CT molecular complexity index is 310. The minimum Gasteiger partial charge on any atom is -0.490 e. The fourth-order valence-corrected chi connectivity index (χ4v) is 1.46. The molecular formula is C11H15O2Si. The van der Waals surface area contributed by atoms with Crippen LogP contribution in [0, 0.1) is 6.92 Å². The average Bonchev–Trinajstić information content (AvgIpc) is 2.18. The lowest BCUT2D eigenvalue weighted by Crippen LogP contribution is -2.11. The van der Waals surface area contributed by atoms with Gasteiger partial charge in [-0.25, -0.2) is 0 Å². The van der Waals surface area contributed by atoms with E-state index in [2.05, 4.69) is 10.2 Å². The molecule has 0 aliphatic carbocycles. The van der Waals surface area contributed by atoms with Crippen LogP contribution in [0.15, 0.2) is 12.1 Å². The van der Waals surface area contributed by atoms with Crippen molar-refractivity contribution in [3.8, 4) is 11.5 Å². The lowest BCUT2D eigenvalue weighted by atomic mass is 10.2. The zero-order chi connectivity index (χ0) is 10.6. The molecular weight excluding hydrogens is 192 g/mol. The van der Waals surface area contributed by atoms with Crippen LogP contribution in [-0.2, 0) is 0 Å². The van der Waals surface area contributed by atoms with Crippen molar-refractivity contribution >= 4 is 15.4 Å². The van der Waals surface area contributed by atoms with Crippen molar-refractivity contribution < 1.29 is 9.47 Å². The van der Waals surface area contributed by atoms with E-state index in [1.54, 1.807) is 0 Å². The van der Waals surface area contributed by atoms with Gasteiger partial charge in [-0.2, -0.15) is 0 Å². The van der Waals surface area contributed by atoms with E-state index >= 15 is 0 Å². The van der Waals surface area contributed by atoms with Crippen molar-refractivity contribution in [1.29, 1.82) is 0 Å². The monoisotopic (exact) mass is 207 g/mol. The highest BCUT2D eigenvalue weighted by Gasteiger charge is 2.09. The summed E-state index contributed by atoms with van der Waals surface area (Å²) in [7, 11) is 3.52. The first kappa shape index (κ1) is 11.1. The molecule has 0 spiro atoms. The van der Waals surface area contributed by atoms with E-state index in [1.807, 2.05) is 32.9 Å². The maximum Gasteiger partial charge on any atom is 0.163 e. The van der Waals surface area contributed by atoms with E-state index in [0.29, 0.717) is 13.2 Å². The number of benzene rings is 1. The highest BCUT2D eigenvalue weighted by atomic mass is 28.1. The molecule has 14 heavy (non-hydrogen) atoms. The molecule has 0 aromatic heterocycles. The smallest absolute Gasteiger partial charge is 0.163 e. The summed E-state index contributed by atoms with van der Waals surface area (Å²) >= 11 is 0. The molecule has 0 saturated carbocycles. The Kier molecular flexibility index (Phi) is 4.01. The van der Waals surface area contributed by atoms with Crippen LogP contribution in [0.3, 0.4) is 0 Å². The molecule has 0 aliphatic rings. The van der Waals surface area contributed by atoms with Gasteiger partial charge in [-0.15, -0.1) is 0 Å². The molecule has 1 rings (SSSR count). The molecule has 0 unspecified atom stereocenters. The van der Waals surface area contributed by atoms with Crippen molar-refractivity contribution in [2.24, 2.45) is 0 Å². The normalized spacial score (nSPS) is 10.0. The van der Waals surface area contributed by atoms with Crippen molar-refractivity contribution in [2.75, 3.05) is 13.2 Å². The minimum atomic E-state index is 0.649. The zero-order valence-corrected chi connectivity index (χ0v) is 9.89. The third kappa shape index (κ3) is 2.29. The summed E-state index contributed by atoms with van der Waals surface area (Å²) in [5.41, 5.74) is 1.08.